The largest absolute Gasteiger partial charge is 0.490 e. The van der Waals surface area contributed by atoms with Crippen LogP contribution in [0, 0.1) is 12.8 Å². The van der Waals surface area contributed by atoms with Crippen molar-refractivity contribution >= 4 is 17.3 Å². The first-order valence-electron chi connectivity index (χ1n) is 4.66. The van der Waals surface area contributed by atoms with Crippen LogP contribution in [0.15, 0.2) is 5.11 Å². The average Bonchev–Trinajstić information content (AvgIpc) is 2.55. The third-order valence-electron chi connectivity index (χ3n) is 2.39. The summed E-state index contributed by atoms with van der Waals surface area (Å²) < 4.78 is 10.4. The van der Waals surface area contributed by atoms with Gasteiger partial charge in [-0.1, -0.05) is 5.11 Å². The highest BCUT2D eigenvalue weighted by Crippen LogP contribution is 2.29. The van der Waals surface area contributed by atoms with Gasteiger partial charge in [0.05, 0.1) is 25.9 Å². The van der Waals surface area contributed by atoms with Crippen LogP contribution in [0.4, 0.5) is 0 Å². The monoisotopic (exact) mass is 227 g/mol. The first-order chi connectivity index (χ1) is 7.17. The standard InChI is InChI=1S/C9H13N3O2S/c1-6-3-7(4-9(15)13-2)8(14-6)5-11-12-10/h1,6-8H,3-5H2,2H3/t6?,7-,8+/m0/s1. The van der Waals surface area contributed by atoms with Crippen molar-refractivity contribution in [3.05, 3.63) is 17.4 Å². The first kappa shape index (κ1) is 12.2. The Morgan fingerprint density at radius 1 is 1.80 bits per heavy atom. The Kier molecular flexibility index (Phi) is 4.81. The summed E-state index contributed by atoms with van der Waals surface area (Å²) in [7, 11) is 1.54. The number of thiocarbonyl (C=S) groups is 1. The molecule has 0 aliphatic carbocycles. The number of methoxy groups -OCH3 is 1. The minimum atomic E-state index is -0.298. The lowest BCUT2D eigenvalue weighted by Gasteiger charge is -2.15. The number of nitrogens with zero attached hydrogens (tertiary/aromatic N) is 3. The predicted molar refractivity (Wildman–Crippen MR) is 59.3 cm³/mol. The normalized spacial score (nSPS) is 29.6. The molecule has 1 fully saturated rings. The van der Waals surface area contributed by atoms with Crippen LogP contribution in [-0.4, -0.2) is 30.9 Å². The van der Waals surface area contributed by atoms with Crippen LogP contribution in [-0.2, 0) is 9.47 Å². The molecule has 2 radical (unpaired) electrons. The Balaban J connectivity index is 2.52. The third kappa shape index (κ3) is 3.66. The van der Waals surface area contributed by atoms with Crippen LogP contribution in [0.2, 0.25) is 0 Å². The fourth-order valence-corrected chi connectivity index (χ4v) is 1.88. The molecule has 1 rings (SSSR count). The predicted octanol–water partition coefficient (Wildman–Crippen LogP) is 2.15. The molecular formula is C9H13N3O2S. The van der Waals surface area contributed by atoms with E-state index in [1.54, 1.807) is 7.11 Å². The maximum Gasteiger partial charge on any atom is 0.159 e. The molecule has 6 heteroatoms. The lowest BCUT2D eigenvalue weighted by atomic mass is 9.96. The molecule has 0 aromatic carbocycles. The van der Waals surface area contributed by atoms with Crippen molar-refractivity contribution in [1.82, 2.24) is 0 Å². The molecular weight excluding hydrogens is 214 g/mol. The fourth-order valence-electron chi connectivity index (χ4n) is 1.66. The second kappa shape index (κ2) is 5.90. The molecule has 1 saturated heterocycles. The SMILES string of the molecule is [CH]C1C[C@@H](CC(=S)OC)[C@@H](CN=[N+]=[N-])O1. The van der Waals surface area contributed by atoms with E-state index in [-0.39, 0.29) is 18.1 Å². The molecule has 0 bridgehead atoms. The molecule has 1 aliphatic rings. The van der Waals surface area contributed by atoms with Gasteiger partial charge < -0.3 is 9.47 Å². The van der Waals surface area contributed by atoms with Gasteiger partial charge in [0.1, 0.15) is 0 Å². The van der Waals surface area contributed by atoms with Gasteiger partial charge in [0.15, 0.2) is 5.05 Å². The number of hydrogen-bond acceptors (Lipinski definition) is 4. The van der Waals surface area contributed by atoms with E-state index in [2.05, 4.69) is 10.0 Å². The maximum absolute atomic E-state index is 8.23. The Morgan fingerprint density at radius 2 is 2.53 bits per heavy atom. The highest BCUT2D eigenvalue weighted by Gasteiger charge is 2.33. The smallest absolute Gasteiger partial charge is 0.159 e. The Morgan fingerprint density at radius 3 is 3.13 bits per heavy atom. The Bertz CT molecular complexity index is 279. The van der Waals surface area contributed by atoms with E-state index >= 15 is 0 Å². The van der Waals surface area contributed by atoms with Crippen molar-refractivity contribution in [2.24, 2.45) is 11.0 Å². The summed E-state index contributed by atoms with van der Waals surface area (Å²) >= 11 is 4.97. The van der Waals surface area contributed by atoms with Crippen LogP contribution >= 0.6 is 12.2 Å². The summed E-state index contributed by atoms with van der Waals surface area (Å²) in [6.45, 7) is 5.96. The van der Waals surface area contributed by atoms with E-state index in [0.717, 1.165) is 6.42 Å². The van der Waals surface area contributed by atoms with Gasteiger partial charge in [0, 0.05) is 11.3 Å². The van der Waals surface area contributed by atoms with Gasteiger partial charge in [0.25, 0.3) is 0 Å². The molecule has 1 aliphatic heterocycles. The van der Waals surface area contributed by atoms with E-state index in [0.29, 0.717) is 18.0 Å². The second-order valence-corrected chi connectivity index (χ2v) is 3.86. The van der Waals surface area contributed by atoms with Crippen molar-refractivity contribution < 1.29 is 9.47 Å². The van der Waals surface area contributed by atoms with Crippen molar-refractivity contribution in [2.75, 3.05) is 13.7 Å². The van der Waals surface area contributed by atoms with E-state index in [1.165, 1.54) is 0 Å². The zero-order chi connectivity index (χ0) is 11.3. The molecule has 82 valence electrons. The Labute approximate surface area is 94.4 Å². The molecule has 1 unspecified atom stereocenters. The average molecular weight is 227 g/mol. The zero-order valence-electron chi connectivity index (χ0n) is 8.50. The van der Waals surface area contributed by atoms with Gasteiger partial charge in [-0.25, -0.2) is 0 Å². The minimum absolute atomic E-state index is 0.149. The highest BCUT2D eigenvalue weighted by molar-refractivity contribution is 7.80. The first-order valence-corrected chi connectivity index (χ1v) is 5.07. The topological polar surface area (TPSA) is 67.2 Å². The van der Waals surface area contributed by atoms with Crippen LogP contribution in [0.25, 0.3) is 10.4 Å². The molecule has 3 atom stereocenters. The number of azide groups is 1. The molecule has 5 nitrogen and oxygen atoms in total. The van der Waals surface area contributed by atoms with Crippen LogP contribution in [0.1, 0.15) is 12.8 Å². The molecule has 1 heterocycles. The van der Waals surface area contributed by atoms with Crippen LogP contribution in [0.5, 0.6) is 0 Å². The van der Waals surface area contributed by atoms with E-state index in [1.807, 2.05) is 0 Å². The van der Waals surface area contributed by atoms with E-state index in [9.17, 15) is 0 Å². The number of hydrogen-bond donors (Lipinski definition) is 0. The maximum atomic E-state index is 8.23. The molecule has 0 saturated carbocycles. The number of ether oxygens (including phenoxy) is 2. The molecule has 0 aromatic heterocycles. The van der Waals surface area contributed by atoms with Gasteiger partial charge in [-0.15, -0.1) is 0 Å². The second-order valence-electron chi connectivity index (χ2n) is 3.40. The molecule has 0 amide bonds. The summed E-state index contributed by atoms with van der Waals surface area (Å²) in [5.41, 5.74) is 8.23. The summed E-state index contributed by atoms with van der Waals surface area (Å²) in [5, 5.41) is 4.02. The van der Waals surface area contributed by atoms with E-state index in [4.69, 9.17) is 34.1 Å². The van der Waals surface area contributed by atoms with Crippen LogP contribution in [0.3, 0.4) is 0 Å². The van der Waals surface area contributed by atoms with Gasteiger partial charge in [-0.05, 0) is 37.0 Å². The van der Waals surface area contributed by atoms with Crippen LogP contribution < -0.4 is 0 Å². The minimum Gasteiger partial charge on any atom is -0.490 e. The van der Waals surface area contributed by atoms with Gasteiger partial charge >= 0.3 is 0 Å². The summed E-state index contributed by atoms with van der Waals surface area (Å²) in [6, 6.07) is 0. The number of rotatable bonds is 4. The van der Waals surface area contributed by atoms with Gasteiger partial charge in [-0.3, -0.25) is 0 Å². The van der Waals surface area contributed by atoms with Crippen molar-refractivity contribution in [3.63, 3.8) is 0 Å². The molecule has 0 spiro atoms. The highest BCUT2D eigenvalue weighted by atomic mass is 32.1. The van der Waals surface area contributed by atoms with Crippen molar-refractivity contribution in [2.45, 2.75) is 25.0 Å². The Hall–Kier alpha value is -0.840. The molecule has 0 aromatic rings. The fraction of sp³-hybridized carbons (Fsp3) is 0.778. The quantitative estimate of drug-likeness (QED) is 0.320. The lowest BCUT2D eigenvalue weighted by Crippen LogP contribution is -2.22. The van der Waals surface area contributed by atoms with E-state index < -0.39 is 0 Å². The van der Waals surface area contributed by atoms with Gasteiger partial charge in [-0.2, -0.15) is 0 Å². The van der Waals surface area contributed by atoms with Crippen molar-refractivity contribution in [3.8, 4) is 0 Å². The molecule has 0 N–H and O–H groups in total. The summed E-state index contributed by atoms with van der Waals surface area (Å²) in [4.78, 5) is 2.70. The zero-order valence-corrected chi connectivity index (χ0v) is 9.31. The van der Waals surface area contributed by atoms with Crippen molar-refractivity contribution in [1.29, 1.82) is 0 Å². The lowest BCUT2D eigenvalue weighted by molar-refractivity contribution is 0.0623. The third-order valence-corrected chi connectivity index (χ3v) is 2.73. The summed E-state index contributed by atoms with van der Waals surface area (Å²) in [6.07, 6.45) is 0.887. The molecule has 15 heavy (non-hydrogen) atoms. The summed E-state index contributed by atoms with van der Waals surface area (Å²) in [5.74, 6) is 0.179. The van der Waals surface area contributed by atoms with Gasteiger partial charge in [0.2, 0.25) is 0 Å².